The Hall–Kier alpha value is -1.35. The molecule has 1 aliphatic rings. The van der Waals surface area contributed by atoms with Crippen LogP contribution in [-0.4, -0.2) is 24.2 Å². The van der Waals surface area contributed by atoms with E-state index >= 15 is 0 Å². The van der Waals surface area contributed by atoms with Crippen LogP contribution in [-0.2, 0) is 11.2 Å². The van der Waals surface area contributed by atoms with Crippen LogP contribution in [0.4, 0.5) is 0 Å². The van der Waals surface area contributed by atoms with Crippen molar-refractivity contribution in [1.29, 1.82) is 0 Å². The highest BCUT2D eigenvalue weighted by Crippen LogP contribution is 2.39. The van der Waals surface area contributed by atoms with E-state index in [-0.39, 0.29) is 0 Å². The van der Waals surface area contributed by atoms with Crippen LogP contribution >= 0.6 is 0 Å². The van der Waals surface area contributed by atoms with Gasteiger partial charge in [0, 0.05) is 0 Å². The van der Waals surface area contributed by atoms with Crippen molar-refractivity contribution in [3.8, 4) is 0 Å². The summed E-state index contributed by atoms with van der Waals surface area (Å²) in [4.78, 5) is 10.8. The Labute approximate surface area is 102 Å². The van der Waals surface area contributed by atoms with Gasteiger partial charge in [0.05, 0.1) is 0 Å². The largest absolute Gasteiger partial charge is 0.480 e. The van der Waals surface area contributed by atoms with Gasteiger partial charge < -0.3 is 10.4 Å². The molecule has 0 bridgehead atoms. The molecule has 1 atom stereocenters. The molecule has 0 amide bonds. The van der Waals surface area contributed by atoms with E-state index < -0.39 is 12.0 Å². The van der Waals surface area contributed by atoms with E-state index in [2.05, 4.69) is 29.6 Å². The second-order valence-electron chi connectivity index (χ2n) is 4.73. The summed E-state index contributed by atoms with van der Waals surface area (Å²) in [7, 11) is 1.69. The van der Waals surface area contributed by atoms with E-state index in [9.17, 15) is 4.79 Å². The van der Waals surface area contributed by atoms with Crippen LogP contribution in [0.1, 0.15) is 36.3 Å². The molecule has 1 aromatic rings. The number of aliphatic carboxylic acids is 1. The second kappa shape index (κ2) is 5.32. The van der Waals surface area contributed by atoms with Crippen LogP contribution in [0.25, 0.3) is 0 Å². The molecule has 1 aromatic carbocycles. The predicted octanol–water partition coefficient (Wildman–Crippen LogP) is 2.17. The van der Waals surface area contributed by atoms with Crippen LogP contribution in [0.5, 0.6) is 0 Å². The predicted molar refractivity (Wildman–Crippen MR) is 67.2 cm³/mol. The lowest BCUT2D eigenvalue weighted by Gasteiger charge is -2.10. The lowest BCUT2D eigenvalue weighted by molar-refractivity contribution is -0.139. The molecule has 1 aliphatic carbocycles. The summed E-state index contributed by atoms with van der Waals surface area (Å²) in [6, 6.07) is 8.17. The average Bonchev–Trinajstić information content (AvgIpc) is 3.14. The first-order valence-electron chi connectivity index (χ1n) is 6.19. The number of benzene rings is 1. The van der Waals surface area contributed by atoms with Crippen molar-refractivity contribution < 1.29 is 9.90 Å². The van der Waals surface area contributed by atoms with Gasteiger partial charge in [0.25, 0.3) is 0 Å². The highest BCUT2D eigenvalue weighted by atomic mass is 16.4. The molecule has 0 radical (unpaired) electrons. The molecule has 2 rings (SSSR count). The summed E-state index contributed by atoms with van der Waals surface area (Å²) >= 11 is 0. The minimum atomic E-state index is -0.776. The zero-order chi connectivity index (χ0) is 12.3. The SMILES string of the molecule is CNC(CCc1ccc(C2CC2)cc1)C(=O)O. The summed E-state index contributed by atoms with van der Waals surface area (Å²) in [5.41, 5.74) is 2.65. The van der Waals surface area contributed by atoms with Gasteiger partial charge in [0.15, 0.2) is 0 Å². The molecule has 0 saturated heterocycles. The van der Waals surface area contributed by atoms with Gasteiger partial charge in [-0.15, -0.1) is 0 Å². The number of carboxylic acid groups (broad SMARTS) is 1. The third kappa shape index (κ3) is 3.30. The molecule has 0 spiro atoms. The molecule has 0 heterocycles. The fraction of sp³-hybridized carbons (Fsp3) is 0.500. The Morgan fingerprint density at radius 2 is 2.06 bits per heavy atom. The maximum Gasteiger partial charge on any atom is 0.320 e. The quantitative estimate of drug-likeness (QED) is 0.791. The Balaban J connectivity index is 1.87. The standard InChI is InChI=1S/C14H19NO2/c1-15-13(14(16)17)9-4-10-2-5-11(6-3-10)12-7-8-12/h2-3,5-6,12-13,15H,4,7-9H2,1H3,(H,16,17). The zero-order valence-corrected chi connectivity index (χ0v) is 10.1. The van der Waals surface area contributed by atoms with Crippen LogP contribution in [0.15, 0.2) is 24.3 Å². The van der Waals surface area contributed by atoms with Gasteiger partial charge in [-0.2, -0.15) is 0 Å². The van der Waals surface area contributed by atoms with Crippen molar-refractivity contribution in [2.24, 2.45) is 0 Å². The number of carboxylic acids is 1. The number of hydrogen-bond donors (Lipinski definition) is 2. The molecule has 2 N–H and O–H groups in total. The van der Waals surface area contributed by atoms with E-state index in [1.807, 2.05) is 0 Å². The van der Waals surface area contributed by atoms with Crippen LogP contribution in [0.2, 0.25) is 0 Å². The van der Waals surface area contributed by atoms with Crippen molar-refractivity contribution in [2.45, 2.75) is 37.6 Å². The van der Waals surface area contributed by atoms with E-state index in [1.165, 1.54) is 24.0 Å². The van der Waals surface area contributed by atoms with Gasteiger partial charge >= 0.3 is 5.97 Å². The van der Waals surface area contributed by atoms with Gasteiger partial charge in [-0.05, 0) is 49.8 Å². The lowest BCUT2D eigenvalue weighted by atomic mass is 10.0. The number of hydrogen-bond acceptors (Lipinski definition) is 2. The van der Waals surface area contributed by atoms with Crippen molar-refractivity contribution in [3.63, 3.8) is 0 Å². The highest BCUT2D eigenvalue weighted by molar-refractivity contribution is 5.73. The lowest BCUT2D eigenvalue weighted by Crippen LogP contribution is -2.34. The maximum absolute atomic E-state index is 10.8. The number of aryl methyl sites for hydroxylation is 1. The Bertz CT molecular complexity index is 382. The second-order valence-corrected chi connectivity index (χ2v) is 4.73. The Kier molecular flexibility index (Phi) is 3.79. The summed E-state index contributed by atoms with van der Waals surface area (Å²) in [6.45, 7) is 0. The van der Waals surface area contributed by atoms with Gasteiger partial charge in [0.1, 0.15) is 6.04 Å². The molecular formula is C14H19NO2. The molecule has 1 fully saturated rings. The van der Waals surface area contributed by atoms with Crippen molar-refractivity contribution >= 4 is 5.97 Å². The smallest absolute Gasteiger partial charge is 0.320 e. The van der Waals surface area contributed by atoms with Crippen molar-refractivity contribution in [3.05, 3.63) is 35.4 Å². The Morgan fingerprint density at radius 1 is 1.41 bits per heavy atom. The molecule has 1 saturated carbocycles. The van der Waals surface area contributed by atoms with Gasteiger partial charge in [0.2, 0.25) is 0 Å². The summed E-state index contributed by atoms with van der Waals surface area (Å²) in [5, 5.41) is 11.7. The van der Waals surface area contributed by atoms with E-state index in [4.69, 9.17) is 5.11 Å². The van der Waals surface area contributed by atoms with Crippen molar-refractivity contribution in [2.75, 3.05) is 7.05 Å². The van der Waals surface area contributed by atoms with E-state index in [1.54, 1.807) is 7.05 Å². The monoisotopic (exact) mass is 233 g/mol. The third-order valence-corrected chi connectivity index (χ3v) is 3.40. The highest BCUT2D eigenvalue weighted by Gasteiger charge is 2.23. The number of likely N-dealkylation sites (N-methyl/N-ethyl adjacent to an activating group) is 1. The minimum absolute atomic E-state index is 0.446. The number of rotatable bonds is 6. The molecular weight excluding hydrogens is 214 g/mol. The molecule has 3 heteroatoms. The molecule has 17 heavy (non-hydrogen) atoms. The Morgan fingerprint density at radius 3 is 2.53 bits per heavy atom. The summed E-state index contributed by atoms with van der Waals surface area (Å²) in [5.74, 6) is 0.00947. The normalized spacial score (nSPS) is 16.8. The minimum Gasteiger partial charge on any atom is -0.480 e. The average molecular weight is 233 g/mol. The third-order valence-electron chi connectivity index (χ3n) is 3.40. The summed E-state index contributed by atoms with van der Waals surface area (Å²) < 4.78 is 0. The molecule has 0 aromatic heterocycles. The fourth-order valence-corrected chi connectivity index (χ4v) is 2.08. The first-order chi connectivity index (χ1) is 8.20. The topological polar surface area (TPSA) is 49.3 Å². The van der Waals surface area contributed by atoms with Gasteiger partial charge in [-0.3, -0.25) is 4.79 Å². The van der Waals surface area contributed by atoms with Crippen LogP contribution in [0, 0.1) is 0 Å². The van der Waals surface area contributed by atoms with Crippen molar-refractivity contribution in [1.82, 2.24) is 5.32 Å². The number of carbonyl (C=O) groups is 1. The van der Waals surface area contributed by atoms with E-state index in [0.717, 1.165) is 12.3 Å². The molecule has 0 aliphatic heterocycles. The summed E-state index contributed by atoms with van der Waals surface area (Å²) in [6.07, 6.45) is 4.08. The van der Waals surface area contributed by atoms with Crippen LogP contribution < -0.4 is 5.32 Å². The maximum atomic E-state index is 10.8. The zero-order valence-electron chi connectivity index (χ0n) is 10.1. The first-order valence-corrected chi connectivity index (χ1v) is 6.19. The van der Waals surface area contributed by atoms with Gasteiger partial charge in [-0.25, -0.2) is 0 Å². The molecule has 1 unspecified atom stereocenters. The van der Waals surface area contributed by atoms with Gasteiger partial charge in [-0.1, -0.05) is 24.3 Å². The molecule has 3 nitrogen and oxygen atoms in total. The van der Waals surface area contributed by atoms with E-state index in [0.29, 0.717) is 6.42 Å². The first kappa shape index (κ1) is 12.1. The number of nitrogens with one attached hydrogen (secondary N) is 1. The molecule has 92 valence electrons. The fourth-order valence-electron chi connectivity index (χ4n) is 2.08. The van der Waals surface area contributed by atoms with Crippen LogP contribution in [0.3, 0.4) is 0 Å².